The van der Waals surface area contributed by atoms with Crippen molar-refractivity contribution >= 4 is 5.91 Å². The minimum Gasteiger partial charge on any atom is -0.393 e. The van der Waals surface area contributed by atoms with E-state index in [0.29, 0.717) is 5.91 Å². The number of rotatable bonds is 5. The molecule has 1 heterocycles. The van der Waals surface area contributed by atoms with Crippen molar-refractivity contribution in [1.82, 2.24) is 4.90 Å². The second-order valence-electron chi connectivity index (χ2n) is 4.80. The van der Waals surface area contributed by atoms with Gasteiger partial charge in [0.1, 0.15) is 0 Å². The van der Waals surface area contributed by atoms with Crippen LogP contribution in [0, 0.1) is 5.92 Å². The van der Waals surface area contributed by atoms with Gasteiger partial charge in [-0.25, -0.2) is 0 Å². The molecule has 1 atom stereocenters. The van der Waals surface area contributed by atoms with E-state index in [4.69, 9.17) is 0 Å². The number of hydrogen-bond donors (Lipinski definition) is 1. The normalized spacial score (nSPS) is 19.8. The molecule has 3 heteroatoms. The highest BCUT2D eigenvalue weighted by Gasteiger charge is 2.25. The Kier molecular flexibility index (Phi) is 5.81. The van der Waals surface area contributed by atoms with Gasteiger partial charge in [0.25, 0.3) is 0 Å². The lowest BCUT2D eigenvalue weighted by Crippen LogP contribution is -2.43. The summed E-state index contributed by atoms with van der Waals surface area (Å²) in [7, 11) is 0. The van der Waals surface area contributed by atoms with Crippen molar-refractivity contribution in [3.8, 4) is 0 Å². The van der Waals surface area contributed by atoms with Crippen molar-refractivity contribution in [2.24, 2.45) is 5.92 Å². The summed E-state index contributed by atoms with van der Waals surface area (Å²) in [6.45, 7) is 5.73. The van der Waals surface area contributed by atoms with Gasteiger partial charge in [-0.15, -0.1) is 0 Å². The Morgan fingerprint density at radius 3 is 2.50 bits per heavy atom. The molecule has 0 saturated carbocycles. The molecule has 16 heavy (non-hydrogen) atoms. The van der Waals surface area contributed by atoms with Crippen LogP contribution < -0.4 is 0 Å². The smallest absolute Gasteiger partial charge is 0.225 e. The third-order valence-corrected chi connectivity index (χ3v) is 3.52. The highest BCUT2D eigenvalue weighted by molar-refractivity contribution is 5.78. The number of likely N-dealkylation sites (tertiary alicyclic amines) is 1. The van der Waals surface area contributed by atoms with Crippen LogP contribution in [0.1, 0.15) is 52.4 Å². The van der Waals surface area contributed by atoms with E-state index in [9.17, 15) is 9.90 Å². The highest BCUT2D eigenvalue weighted by atomic mass is 16.3. The van der Waals surface area contributed by atoms with E-state index in [0.717, 1.165) is 51.6 Å². The Bertz CT molecular complexity index is 203. The van der Waals surface area contributed by atoms with E-state index in [2.05, 4.69) is 13.8 Å². The topological polar surface area (TPSA) is 40.5 Å². The molecule has 1 saturated heterocycles. The van der Waals surface area contributed by atoms with Crippen LogP contribution in [-0.4, -0.2) is 35.1 Å². The fraction of sp³-hybridized carbons (Fsp3) is 0.923. The number of amides is 1. The molecule has 3 nitrogen and oxygen atoms in total. The third kappa shape index (κ3) is 3.78. The zero-order chi connectivity index (χ0) is 12.0. The fourth-order valence-electron chi connectivity index (χ4n) is 2.30. The third-order valence-electron chi connectivity index (χ3n) is 3.52. The molecule has 0 aromatic carbocycles. The first-order valence-corrected chi connectivity index (χ1v) is 6.65. The summed E-state index contributed by atoms with van der Waals surface area (Å²) in [5.74, 6) is 0.512. The minimum atomic E-state index is -0.195. The van der Waals surface area contributed by atoms with Gasteiger partial charge < -0.3 is 10.0 Å². The second kappa shape index (κ2) is 6.89. The van der Waals surface area contributed by atoms with Crippen LogP contribution >= 0.6 is 0 Å². The Morgan fingerprint density at radius 2 is 2.00 bits per heavy atom. The zero-order valence-electron chi connectivity index (χ0n) is 10.6. The lowest BCUT2D eigenvalue weighted by atomic mass is 9.96. The zero-order valence-corrected chi connectivity index (χ0v) is 10.6. The standard InChI is InChI=1S/C13H25NO2/c1-3-5-6-11(4-2)13(16)14-9-7-12(15)8-10-14/h11-12,15H,3-10H2,1-2H3/t11-/m0/s1. The van der Waals surface area contributed by atoms with Crippen LogP contribution in [0.5, 0.6) is 0 Å². The molecule has 94 valence electrons. The summed E-state index contributed by atoms with van der Waals surface area (Å²) >= 11 is 0. The maximum Gasteiger partial charge on any atom is 0.225 e. The van der Waals surface area contributed by atoms with Gasteiger partial charge in [0.05, 0.1) is 6.10 Å². The first-order chi connectivity index (χ1) is 7.69. The molecular formula is C13H25NO2. The largest absolute Gasteiger partial charge is 0.393 e. The number of nitrogens with zero attached hydrogens (tertiary/aromatic N) is 1. The number of aliphatic hydroxyl groups excluding tert-OH is 1. The Hall–Kier alpha value is -0.570. The summed E-state index contributed by atoms with van der Waals surface area (Å²) in [6, 6.07) is 0. The van der Waals surface area contributed by atoms with Crippen molar-refractivity contribution in [3.63, 3.8) is 0 Å². The first kappa shape index (κ1) is 13.5. The summed E-state index contributed by atoms with van der Waals surface area (Å²) < 4.78 is 0. The average Bonchev–Trinajstić information content (AvgIpc) is 2.30. The van der Waals surface area contributed by atoms with Crippen molar-refractivity contribution in [2.75, 3.05) is 13.1 Å². The molecule has 1 rings (SSSR count). The van der Waals surface area contributed by atoms with Crippen molar-refractivity contribution in [3.05, 3.63) is 0 Å². The van der Waals surface area contributed by atoms with Crippen LogP contribution in [0.4, 0.5) is 0 Å². The number of unbranched alkanes of at least 4 members (excludes halogenated alkanes) is 1. The molecule has 0 aromatic rings. The lowest BCUT2D eigenvalue weighted by molar-refractivity contribution is -0.137. The molecule has 0 unspecified atom stereocenters. The molecule has 0 aromatic heterocycles. The van der Waals surface area contributed by atoms with Crippen molar-refractivity contribution < 1.29 is 9.90 Å². The SMILES string of the molecule is CCCC[C@H](CC)C(=O)N1CCC(O)CC1. The maximum absolute atomic E-state index is 12.2. The predicted molar refractivity (Wildman–Crippen MR) is 65.1 cm³/mol. The molecule has 1 N–H and O–H groups in total. The molecule has 1 aliphatic rings. The van der Waals surface area contributed by atoms with E-state index in [-0.39, 0.29) is 12.0 Å². The Labute approximate surface area is 98.8 Å². The number of aliphatic hydroxyl groups is 1. The molecule has 0 radical (unpaired) electrons. The van der Waals surface area contributed by atoms with E-state index < -0.39 is 0 Å². The molecule has 0 spiro atoms. The molecule has 1 amide bonds. The van der Waals surface area contributed by atoms with E-state index >= 15 is 0 Å². The van der Waals surface area contributed by atoms with Crippen LogP contribution in [0.15, 0.2) is 0 Å². The van der Waals surface area contributed by atoms with Crippen LogP contribution in [0.2, 0.25) is 0 Å². The Balaban J connectivity index is 2.41. The number of carbonyl (C=O) groups is 1. The van der Waals surface area contributed by atoms with Gasteiger partial charge in [-0.1, -0.05) is 26.7 Å². The number of carbonyl (C=O) groups excluding carboxylic acids is 1. The predicted octanol–water partition coefficient (Wildman–Crippen LogP) is 2.19. The fourth-order valence-corrected chi connectivity index (χ4v) is 2.30. The van der Waals surface area contributed by atoms with Gasteiger partial charge in [-0.2, -0.15) is 0 Å². The summed E-state index contributed by atoms with van der Waals surface area (Å²) in [5.41, 5.74) is 0. The molecule has 1 aliphatic heterocycles. The van der Waals surface area contributed by atoms with E-state index in [1.807, 2.05) is 4.90 Å². The van der Waals surface area contributed by atoms with Crippen LogP contribution in [0.3, 0.4) is 0 Å². The summed E-state index contributed by atoms with van der Waals surface area (Å²) in [6.07, 6.45) is 5.55. The summed E-state index contributed by atoms with van der Waals surface area (Å²) in [4.78, 5) is 14.1. The molecule has 0 aliphatic carbocycles. The first-order valence-electron chi connectivity index (χ1n) is 6.65. The lowest BCUT2D eigenvalue weighted by Gasteiger charge is -2.32. The molecular weight excluding hydrogens is 202 g/mol. The van der Waals surface area contributed by atoms with Gasteiger partial charge in [0, 0.05) is 19.0 Å². The monoisotopic (exact) mass is 227 g/mol. The maximum atomic E-state index is 12.2. The molecule has 1 fully saturated rings. The number of hydrogen-bond acceptors (Lipinski definition) is 2. The quantitative estimate of drug-likeness (QED) is 0.782. The van der Waals surface area contributed by atoms with Crippen LogP contribution in [0.25, 0.3) is 0 Å². The highest BCUT2D eigenvalue weighted by Crippen LogP contribution is 2.19. The minimum absolute atomic E-state index is 0.195. The van der Waals surface area contributed by atoms with Gasteiger partial charge in [0.15, 0.2) is 0 Å². The van der Waals surface area contributed by atoms with Crippen molar-refractivity contribution in [1.29, 1.82) is 0 Å². The van der Waals surface area contributed by atoms with Crippen molar-refractivity contribution in [2.45, 2.75) is 58.5 Å². The van der Waals surface area contributed by atoms with Gasteiger partial charge in [-0.05, 0) is 25.7 Å². The number of piperidine rings is 1. The van der Waals surface area contributed by atoms with Gasteiger partial charge in [0.2, 0.25) is 5.91 Å². The molecule has 0 bridgehead atoms. The van der Waals surface area contributed by atoms with Gasteiger partial charge in [-0.3, -0.25) is 4.79 Å². The van der Waals surface area contributed by atoms with E-state index in [1.54, 1.807) is 0 Å². The second-order valence-corrected chi connectivity index (χ2v) is 4.80. The van der Waals surface area contributed by atoms with E-state index in [1.165, 1.54) is 0 Å². The average molecular weight is 227 g/mol. The van der Waals surface area contributed by atoms with Crippen LogP contribution in [-0.2, 0) is 4.79 Å². The summed E-state index contributed by atoms with van der Waals surface area (Å²) in [5, 5.41) is 9.41. The van der Waals surface area contributed by atoms with Gasteiger partial charge >= 0.3 is 0 Å². The Morgan fingerprint density at radius 1 is 1.38 bits per heavy atom.